The van der Waals surface area contributed by atoms with E-state index in [0.29, 0.717) is 12.1 Å². The van der Waals surface area contributed by atoms with E-state index in [1.54, 1.807) is 0 Å². The number of benzene rings is 8. The summed E-state index contributed by atoms with van der Waals surface area (Å²) in [5.74, 6) is -0.386. The second kappa shape index (κ2) is 21.5. The summed E-state index contributed by atoms with van der Waals surface area (Å²) in [5.41, 5.74) is 10.2. The van der Waals surface area contributed by atoms with Crippen LogP contribution in [0.15, 0.2) is 194 Å². The van der Waals surface area contributed by atoms with Gasteiger partial charge in [0.1, 0.15) is 0 Å². The molecule has 2 atom stereocenters. The molecule has 0 aliphatic rings. The minimum Gasteiger partial charge on any atom is -0.807 e. The van der Waals surface area contributed by atoms with E-state index in [2.05, 4.69) is 224 Å². The van der Waals surface area contributed by atoms with Gasteiger partial charge in [0, 0.05) is 20.2 Å². The molecule has 1 unspecified atom stereocenters. The summed E-state index contributed by atoms with van der Waals surface area (Å²) in [4.78, 5) is 0. The Labute approximate surface area is 413 Å². The van der Waals surface area contributed by atoms with Crippen molar-refractivity contribution in [1.82, 2.24) is 0 Å². The Morgan fingerprint density at radius 1 is 0.500 bits per heavy atom. The summed E-state index contributed by atoms with van der Waals surface area (Å²) in [6.07, 6.45) is 8.69. The van der Waals surface area contributed by atoms with Crippen LogP contribution < -0.4 is 0 Å². The summed E-state index contributed by atoms with van der Waals surface area (Å²) in [7, 11) is 0. The van der Waals surface area contributed by atoms with Crippen LogP contribution in [-0.4, -0.2) is 5.71 Å². The van der Waals surface area contributed by atoms with Crippen LogP contribution in [0.3, 0.4) is 0 Å². The summed E-state index contributed by atoms with van der Waals surface area (Å²) in [6.45, 7) is 25.4. The minimum absolute atomic E-state index is 0. The van der Waals surface area contributed by atoms with E-state index in [9.17, 15) is 5.41 Å². The van der Waals surface area contributed by atoms with Gasteiger partial charge in [-0.1, -0.05) is 194 Å². The number of nitrogens with zero attached hydrogens (tertiary/aromatic N) is 3. The Morgan fingerprint density at radius 2 is 0.986 bits per heavy atom. The van der Waals surface area contributed by atoms with Crippen molar-refractivity contribution in [2.45, 2.75) is 77.0 Å². The monoisotopic (exact) mass is 1180 g/mol. The fourth-order valence-electron chi connectivity index (χ4n) is 9.37. The molecule has 0 spiro atoms. The Kier molecular flexibility index (Phi) is 15.6. The van der Waals surface area contributed by atoms with Crippen LogP contribution in [-0.2, 0) is 16.2 Å². The molecule has 3 nitrogen and oxygen atoms in total. The summed E-state index contributed by atoms with van der Waals surface area (Å²) < 4.78 is 2.48. The Balaban J connectivity index is 0.00000157. The molecule has 0 fully saturated rings. The van der Waals surface area contributed by atoms with Crippen molar-refractivity contribution in [1.29, 1.82) is 10.5 Å². The van der Waals surface area contributed by atoms with Crippen molar-refractivity contribution < 1.29 is 0 Å². The van der Waals surface area contributed by atoms with Gasteiger partial charge >= 0.3 is 0 Å². The third-order valence-corrected chi connectivity index (χ3v) is 14.2. The number of allylic oxidation sites excluding steroid dienone is 3. The van der Waals surface area contributed by atoms with Gasteiger partial charge in [-0.2, -0.15) is 17.4 Å². The van der Waals surface area contributed by atoms with Gasteiger partial charge in [-0.3, -0.25) is 0 Å². The van der Waals surface area contributed by atoms with Crippen LogP contribution in [0.25, 0.3) is 47.5 Å². The molecule has 1 aromatic heterocycles. The molecule has 0 saturated carbocycles. The zero-order valence-corrected chi connectivity index (χ0v) is 48.5. The predicted octanol–water partition coefficient (Wildman–Crippen LogP) is 17.3. The van der Waals surface area contributed by atoms with Gasteiger partial charge in [0.15, 0.2) is 0 Å². The van der Waals surface area contributed by atoms with E-state index >= 15 is 0 Å². The second-order valence-electron chi connectivity index (χ2n) is 19.7. The maximum atomic E-state index is 12.5. The quantitative estimate of drug-likeness (QED) is 0.0560. The predicted molar refractivity (Wildman–Crippen MR) is 291 cm³/mol. The third kappa shape index (κ3) is 10.6. The van der Waals surface area contributed by atoms with Crippen LogP contribution in [0, 0.1) is 35.8 Å². The van der Waals surface area contributed by atoms with Crippen LogP contribution >= 0.6 is 11.3 Å². The van der Waals surface area contributed by atoms with Crippen LogP contribution in [0.2, 0.25) is 0 Å². The molecule has 0 radical (unpaired) electrons. The molecule has 0 aliphatic carbocycles. The SMILES string of the molecule is CC(C)(C)c1ccc(C(=[C-][C@H](c2cccc3sc4ccc5ccccc5c4c23)C(C)(CC(=[N-])c2ccccc2)c2ccc(C(C)(C)C)cc2)C(=[C-]c2ccccc2)c2ccccc2)cc1.[Bh].[C-]#N.[C-]#N. The molecule has 9 rings (SSSR count). The molecular weight excluding hydrogens is 1120 g/mol. The molecule has 70 heavy (non-hydrogen) atoms. The number of hydrogen-bond donors (Lipinski definition) is 0. The van der Waals surface area contributed by atoms with E-state index in [-0.39, 0.29) is 16.7 Å². The van der Waals surface area contributed by atoms with Crippen LogP contribution in [0.5, 0.6) is 0 Å². The van der Waals surface area contributed by atoms with Crippen LogP contribution in [0.4, 0.5) is 0 Å². The largest absolute Gasteiger partial charge is 0.807 e. The zero-order chi connectivity index (χ0) is 49.3. The van der Waals surface area contributed by atoms with Gasteiger partial charge < -0.3 is 29.1 Å². The van der Waals surface area contributed by atoms with Crippen LogP contribution in [0.1, 0.15) is 105 Å². The smallest absolute Gasteiger partial charge is 0.0361 e. The molecule has 0 aliphatic heterocycles. The van der Waals surface area contributed by atoms with Gasteiger partial charge in [0.25, 0.3) is 0 Å². The van der Waals surface area contributed by atoms with Crippen molar-refractivity contribution in [3.05, 3.63) is 269 Å². The molecule has 8 aromatic carbocycles. The minimum atomic E-state index is -0.728. The summed E-state index contributed by atoms with van der Waals surface area (Å²) in [6, 6.07) is 69.5. The molecule has 9 aromatic rings. The molecule has 1 heterocycles. The molecular formula is C65H56BhN3S-5. The Hall–Kier alpha value is -8.63. The van der Waals surface area contributed by atoms with E-state index in [1.807, 2.05) is 41.7 Å². The molecule has 5 heteroatoms. The first-order valence-electron chi connectivity index (χ1n) is 23.3. The first kappa shape index (κ1) is 50.8. The van der Waals surface area contributed by atoms with E-state index in [1.165, 1.54) is 47.6 Å². The number of fused-ring (bicyclic) bond motifs is 5. The van der Waals surface area contributed by atoms with Crippen molar-refractivity contribution in [3.63, 3.8) is 0 Å². The van der Waals surface area contributed by atoms with E-state index in [0.717, 1.165) is 39.0 Å². The average Bonchev–Trinajstić information content (AvgIpc) is 3.78. The molecule has 344 valence electrons. The summed E-state index contributed by atoms with van der Waals surface area (Å²) in [5, 5.41) is 29.9. The van der Waals surface area contributed by atoms with Gasteiger partial charge in [0.2, 0.25) is 0 Å². The van der Waals surface area contributed by atoms with Crippen molar-refractivity contribution in [2.24, 2.45) is 0 Å². The maximum absolute atomic E-state index is 12.5. The average molecular weight is 1180 g/mol. The topological polar surface area (TPSA) is 69.9 Å². The van der Waals surface area contributed by atoms with Crippen molar-refractivity contribution in [3.8, 4) is 0 Å². The third-order valence-electron chi connectivity index (χ3n) is 13.1. The summed E-state index contributed by atoms with van der Waals surface area (Å²) >= 11 is 1.85. The first-order chi connectivity index (χ1) is 33.3. The van der Waals surface area contributed by atoms with Gasteiger partial charge in [-0.05, 0) is 79.3 Å². The number of rotatable bonds is 11. The fourth-order valence-corrected chi connectivity index (χ4v) is 10.5. The molecule has 0 saturated heterocycles. The van der Waals surface area contributed by atoms with Gasteiger partial charge in [-0.15, -0.1) is 58.9 Å². The van der Waals surface area contributed by atoms with Gasteiger partial charge in [-0.25, -0.2) is 17.2 Å². The van der Waals surface area contributed by atoms with Gasteiger partial charge in [0.05, 0.1) is 0 Å². The normalized spacial score (nSPS) is 13.2. The standard InChI is InChI=1S/C63H56NS.2CN.Bh/c1-61(2,3)48-33-30-46(31-34-48)54(53(44-22-13-9-14-23-44)40-43-20-11-8-12-21-43)41-55(52-28-19-29-57-60(52)59-51-27-18-17-24-45(51)32-39-58(59)65-57)63(7,42-56(64)47-25-15-10-16-26-47)50-37-35-49(36-38-50)62(4,5)6;2*1-2;/h8-39,55H,42H2,1-7H3;;;/q-3;2*-1;/t55-,63?;;;/m1.../s1. The van der Waals surface area contributed by atoms with Crippen molar-refractivity contribution >= 4 is 59.1 Å². The van der Waals surface area contributed by atoms with E-state index in [4.69, 9.17) is 23.7 Å². The molecule has 0 N–H and O–H groups in total. The number of hydrogen-bond acceptors (Lipinski definition) is 3. The zero-order valence-electron chi connectivity index (χ0n) is 41.2. The van der Waals surface area contributed by atoms with E-state index < -0.39 is 5.41 Å². The molecule has 0 bridgehead atoms. The maximum Gasteiger partial charge on any atom is 0.0361 e. The number of thiophene rings is 1. The first-order valence-corrected chi connectivity index (χ1v) is 24.1. The molecule has 0 amide bonds. The van der Waals surface area contributed by atoms with Crippen molar-refractivity contribution in [2.75, 3.05) is 0 Å². The fraction of sp³-hybridized carbons (Fsp3) is 0.185. The Morgan fingerprint density at radius 3 is 1.57 bits per heavy atom. The Bertz CT molecular complexity index is 3290. The second-order valence-corrected chi connectivity index (χ2v) is 20.8.